The molecule has 0 amide bonds. The lowest BCUT2D eigenvalue weighted by atomic mass is 9.89. The summed E-state index contributed by atoms with van der Waals surface area (Å²) in [5, 5.41) is 8.95. The third-order valence-corrected chi connectivity index (χ3v) is 3.54. The van der Waals surface area contributed by atoms with Crippen LogP contribution in [0, 0.1) is 11.7 Å². The van der Waals surface area contributed by atoms with Crippen LogP contribution >= 0.6 is 0 Å². The van der Waals surface area contributed by atoms with Crippen LogP contribution in [0.4, 0.5) is 13.2 Å². The van der Waals surface area contributed by atoms with Crippen molar-refractivity contribution in [1.82, 2.24) is 0 Å². The molecule has 0 bridgehead atoms. The Morgan fingerprint density at radius 2 is 2.00 bits per heavy atom. The quantitative estimate of drug-likeness (QED) is 0.867. The van der Waals surface area contributed by atoms with Crippen LogP contribution in [0.5, 0.6) is 5.75 Å². The molecule has 2 rings (SSSR count). The van der Waals surface area contributed by atoms with Gasteiger partial charge in [0.25, 0.3) is 6.43 Å². The molecule has 20 heavy (non-hydrogen) atoms. The van der Waals surface area contributed by atoms with Crippen molar-refractivity contribution in [1.29, 1.82) is 0 Å². The van der Waals surface area contributed by atoms with Gasteiger partial charge < -0.3 is 9.84 Å². The van der Waals surface area contributed by atoms with Gasteiger partial charge in [0, 0.05) is 11.5 Å². The molecule has 0 spiro atoms. The molecular formula is C14H15F3O3. The minimum atomic E-state index is -2.87. The van der Waals surface area contributed by atoms with E-state index >= 15 is 0 Å². The number of methoxy groups -OCH3 is 1. The summed E-state index contributed by atoms with van der Waals surface area (Å²) in [5.74, 6) is -2.33. The van der Waals surface area contributed by atoms with Crippen molar-refractivity contribution in [2.75, 3.05) is 7.11 Å². The van der Waals surface area contributed by atoms with Crippen LogP contribution in [-0.2, 0) is 4.79 Å². The second-order valence-corrected chi connectivity index (χ2v) is 4.96. The van der Waals surface area contributed by atoms with Gasteiger partial charge in [-0.25, -0.2) is 13.2 Å². The Morgan fingerprint density at radius 3 is 2.45 bits per heavy atom. The van der Waals surface area contributed by atoms with E-state index in [2.05, 4.69) is 0 Å². The Bertz CT molecular complexity index is 513. The van der Waals surface area contributed by atoms with Crippen LogP contribution in [-0.4, -0.2) is 18.2 Å². The van der Waals surface area contributed by atoms with Gasteiger partial charge in [0.05, 0.1) is 19.1 Å². The molecule has 0 heterocycles. The van der Waals surface area contributed by atoms with E-state index in [0.29, 0.717) is 0 Å². The van der Waals surface area contributed by atoms with Gasteiger partial charge in [-0.05, 0) is 30.9 Å². The van der Waals surface area contributed by atoms with Crippen molar-refractivity contribution in [3.8, 4) is 5.75 Å². The van der Waals surface area contributed by atoms with Crippen LogP contribution in [0.25, 0.3) is 0 Å². The second-order valence-electron chi connectivity index (χ2n) is 4.96. The fourth-order valence-corrected chi connectivity index (χ4v) is 2.53. The highest BCUT2D eigenvalue weighted by Gasteiger charge is 2.36. The molecule has 1 aromatic carbocycles. The Hall–Kier alpha value is -1.72. The highest BCUT2D eigenvalue weighted by molar-refractivity contribution is 5.68. The number of aliphatic carboxylic acids is 1. The van der Waals surface area contributed by atoms with Gasteiger partial charge in [0.2, 0.25) is 0 Å². The molecule has 1 unspecified atom stereocenters. The molecule has 1 saturated carbocycles. The van der Waals surface area contributed by atoms with E-state index in [1.807, 2.05) is 0 Å². The minimum Gasteiger partial charge on any atom is -0.496 e. The van der Waals surface area contributed by atoms with E-state index in [9.17, 15) is 18.0 Å². The number of hydrogen-bond donors (Lipinski definition) is 1. The number of carbonyl (C=O) groups is 1. The highest BCUT2D eigenvalue weighted by Crippen LogP contribution is 2.48. The Balaban J connectivity index is 2.49. The number of carboxylic acids is 1. The van der Waals surface area contributed by atoms with Gasteiger partial charge in [-0.2, -0.15) is 0 Å². The molecule has 1 N–H and O–H groups in total. The molecule has 1 aliphatic rings. The molecule has 1 aromatic rings. The number of ether oxygens (including phenoxy) is 1. The van der Waals surface area contributed by atoms with E-state index in [0.717, 1.165) is 25.0 Å². The summed E-state index contributed by atoms with van der Waals surface area (Å²) in [4.78, 5) is 10.9. The Labute approximate surface area is 114 Å². The van der Waals surface area contributed by atoms with Gasteiger partial charge in [0.1, 0.15) is 11.6 Å². The first-order valence-corrected chi connectivity index (χ1v) is 6.31. The largest absolute Gasteiger partial charge is 0.496 e. The normalized spacial score (nSPS) is 16.2. The third kappa shape index (κ3) is 3.05. The van der Waals surface area contributed by atoms with E-state index < -0.39 is 29.7 Å². The average Bonchev–Trinajstić information content (AvgIpc) is 3.18. The standard InChI is InChI=1S/C14H15F3O3/c1-20-13-10(4-8(15)5-11(13)14(16)17)9(6-12(18)19)7-2-3-7/h4-5,7,9,14H,2-3,6H2,1H3,(H,18,19). The molecule has 0 saturated heterocycles. The third-order valence-electron chi connectivity index (χ3n) is 3.54. The molecule has 1 aliphatic carbocycles. The molecule has 110 valence electrons. The van der Waals surface area contributed by atoms with E-state index in [1.54, 1.807) is 0 Å². The number of alkyl halides is 2. The van der Waals surface area contributed by atoms with Crippen LogP contribution < -0.4 is 4.74 Å². The Morgan fingerprint density at radius 1 is 1.40 bits per heavy atom. The minimum absolute atomic E-state index is 0.0901. The van der Waals surface area contributed by atoms with Crippen LogP contribution in [0.2, 0.25) is 0 Å². The molecule has 0 aliphatic heterocycles. The zero-order valence-corrected chi connectivity index (χ0v) is 10.9. The summed E-state index contributed by atoms with van der Waals surface area (Å²) in [6.45, 7) is 0. The predicted molar refractivity (Wildman–Crippen MR) is 65.6 cm³/mol. The van der Waals surface area contributed by atoms with Crippen LogP contribution in [0.1, 0.15) is 42.7 Å². The maximum atomic E-state index is 13.5. The fraction of sp³-hybridized carbons (Fsp3) is 0.500. The van der Waals surface area contributed by atoms with Gasteiger partial charge in [-0.1, -0.05) is 0 Å². The first kappa shape index (κ1) is 14.7. The molecule has 6 heteroatoms. The molecule has 1 fully saturated rings. The summed E-state index contributed by atoms with van der Waals surface area (Å²) in [7, 11) is 1.23. The summed E-state index contributed by atoms with van der Waals surface area (Å²) in [6, 6.07) is 1.84. The molecular weight excluding hydrogens is 273 g/mol. The summed E-state index contributed by atoms with van der Waals surface area (Å²) >= 11 is 0. The van der Waals surface area contributed by atoms with Crippen molar-refractivity contribution in [3.63, 3.8) is 0 Å². The van der Waals surface area contributed by atoms with E-state index in [4.69, 9.17) is 9.84 Å². The SMILES string of the molecule is COc1c(C(F)F)cc(F)cc1C(CC(=O)O)C1CC1. The maximum absolute atomic E-state index is 13.5. The van der Waals surface area contributed by atoms with Crippen molar-refractivity contribution in [2.24, 2.45) is 5.92 Å². The number of carboxylic acid groups (broad SMARTS) is 1. The molecule has 1 atom stereocenters. The number of rotatable bonds is 6. The lowest BCUT2D eigenvalue weighted by Crippen LogP contribution is -2.11. The van der Waals surface area contributed by atoms with Gasteiger partial charge in [-0.3, -0.25) is 4.79 Å². The zero-order chi connectivity index (χ0) is 14.9. The van der Waals surface area contributed by atoms with Gasteiger partial charge in [-0.15, -0.1) is 0 Å². The predicted octanol–water partition coefficient (Wildman–Crippen LogP) is 3.74. The summed E-state index contributed by atoms with van der Waals surface area (Å²) < 4.78 is 44.5. The van der Waals surface area contributed by atoms with Crippen molar-refractivity contribution in [3.05, 3.63) is 29.1 Å². The fourth-order valence-electron chi connectivity index (χ4n) is 2.53. The lowest BCUT2D eigenvalue weighted by Gasteiger charge is -2.20. The van der Waals surface area contributed by atoms with Crippen molar-refractivity contribution < 1.29 is 27.8 Å². The van der Waals surface area contributed by atoms with Crippen LogP contribution in [0.15, 0.2) is 12.1 Å². The highest BCUT2D eigenvalue weighted by atomic mass is 19.3. The monoisotopic (exact) mass is 288 g/mol. The van der Waals surface area contributed by atoms with E-state index in [-0.39, 0.29) is 23.7 Å². The number of hydrogen-bond acceptors (Lipinski definition) is 2. The van der Waals surface area contributed by atoms with Crippen LogP contribution in [0.3, 0.4) is 0 Å². The van der Waals surface area contributed by atoms with Gasteiger partial charge >= 0.3 is 5.97 Å². The number of benzene rings is 1. The van der Waals surface area contributed by atoms with E-state index in [1.165, 1.54) is 7.11 Å². The maximum Gasteiger partial charge on any atom is 0.303 e. The molecule has 0 aromatic heterocycles. The lowest BCUT2D eigenvalue weighted by molar-refractivity contribution is -0.137. The van der Waals surface area contributed by atoms with Gasteiger partial charge in [0.15, 0.2) is 0 Å². The van der Waals surface area contributed by atoms with Crippen molar-refractivity contribution in [2.45, 2.75) is 31.6 Å². The van der Waals surface area contributed by atoms with Crippen molar-refractivity contribution >= 4 is 5.97 Å². The smallest absolute Gasteiger partial charge is 0.303 e. The first-order chi connectivity index (χ1) is 9.43. The number of halogens is 3. The summed E-state index contributed by atoms with van der Waals surface area (Å²) in [5.41, 5.74) is -0.300. The average molecular weight is 288 g/mol. The summed E-state index contributed by atoms with van der Waals surface area (Å²) in [6.07, 6.45) is -1.44. The molecule has 0 radical (unpaired) electrons. The Kier molecular flexibility index (Phi) is 4.20. The first-order valence-electron chi connectivity index (χ1n) is 6.31. The zero-order valence-electron chi connectivity index (χ0n) is 10.9. The topological polar surface area (TPSA) is 46.5 Å². The second kappa shape index (κ2) is 5.73. The molecule has 3 nitrogen and oxygen atoms in total.